The minimum atomic E-state index is -0.787. The smallest absolute Gasteiger partial charge is 0.306 e. The van der Waals surface area contributed by atoms with Gasteiger partial charge in [0.1, 0.15) is 13.2 Å². The molecule has 0 rings (SSSR count). The number of unbranched alkanes of at least 4 members (excludes halogenated alkanes) is 39. The van der Waals surface area contributed by atoms with Crippen molar-refractivity contribution in [1.82, 2.24) is 0 Å². The second kappa shape index (κ2) is 69.1. The van der Waals surface area contributed by atoms with Crippen LogP contribution in [0.5, 0.6) is 0 Å². The van der Waals surface area contributed by atoms with Gasteiger partial charge in [-0.1, -0.05) is 311 Å². The Hall–Kier alpha value is -3.41. The van der Waals surface area contributed by atoms with E-state index in [4.69, 9.17) is 14.2 Å². The van der Waals surface area contributed by atoms with Crippen LogP contribution < -0.4 is 0 Å². The molecule has 0 fully saturated rings. The van der Waals surface area contributed by atoms with E-state index in [9.17, 15) is 14.4 Å². The summed E-state index contributed by atoms with van der Waals surface area (Å²) in [5, 5.41) is 0. The average molecular weight is 1130 g/mol. The van der Waals surface area contributed by atoms with Gasteiger partial charge in [-0.2, -0.15) is 0 Å². The Morgan fingerprint density at radius 2 is 0.494 bits per heavy atom. The molecule has 0 aliphatic rings. The van der Waals surface area contributed by atoms with Crippen molar-refractivity contribution in [3.05, 3.63) is 85.1 Å². The molecule has 1 atom stereocenters. The predicted octanol–water partition coefficient (Wildman–Crippen LogP) is 24.2. The third-order valence-electron chi connectivity index (χ3n) is 15.4. The van der Waals surface area contributed by atoms with Gasteiger partial charge in [0.05, 0.1) is 0 Å². The van der Waals surface area contributed by atoms with Crippen molar-refractivity contribution in [2.24, 2.45) is 0 Å². The van der Waals surface area contributed by atoms with E-state index in [1.807, 2.05) is 0 Å². The highest BCUT2D eigenvalue weighted by Gasteiger charge is 2.19. The maximum absolute atomic E-state index is 12.9. The molecule has 0 radical (unpaired) electrons. The van der Waals surface area contributed by atoms with Crippen LogP contribution in [0.3, 0.4) is 0 Å². The molecule has 0 aromatic heterocycles. The molecular formula is C75H132O6. The fourth-order valence-electron chi connectivity index (χ4n) is 10.1. The summed E-state index contributed by atoms with van der Waals surface area (Å²) in [4.78, 5) is 38.3. The van der Waals surface area contributed by atoms with E-state index in [1.165, 1.54) is 205 Å². The van der Waals surface area contributed by atoms with E-state index in [1.54, 1.807) is 0 Å². The Labute approximate surface area is 503 Å². The van der Waals surface area contributed by atoms with Crippen molar-refractivity contribution in [1.29, 1.82) is 0 Å². The third-order valence-corrected chi connectivity index (χ3v) is 15.4. The summed E-state index contributed by atoms with van der Waals surface area (Å²) in [5.74, 6) is -0.891. The summed E-state index contributed by atoms with van der Waals surface area (Å²) in [6, 6.07) is 0. The number of rotatable bonds is 64. The van der Waals surface area contributed by atoms with Gasteiger partial charge < -0.3 is 14.2 Å². The van der Waals surface area contributed by atoms with Gasteiger partial charge in [0.2, 0.25) is 0 Å². The second-order valence-electron chi connectivity index (χ2n) is 23.4. The topological polar surface area (TPSA) is 78.9 Å². The molecule has 6 heteroatoms. The maximum Gasteiger partial charge on any atom is 0.306 e. The van der Waals surface area contributed by atoms with Crippen LogP contribution >= 0.6 is 0 Å². The van der Waals surface area contributed by atoms with Gasteiger partial charge in [0, 0.05) is 19.3 Å². The molecule has 0 saturated carbocycles. The lowest BCUT2D eigenvalue weighted by Gasteiger charge is -2.18. The zero-order chi connectivity index (χ0) is 58.5. The number of hydrogen-bond acceptors (Lipinski definition) is 6. The lowest BCUT2D eigenvalue weighted by molar-refractivity contribution is -0.167. The van der Waals surface area contributed by atoms with Gasteiger partial charge in [0.25, 0.3) is 0 Å². The molecule has 0 heterocycles. The summed E-state index contributed by atoms with van der Waals surface area (Å²) in [7, 11) is 0. The molecular weight excluding hydrogens is 997 g/mol. The third kappa shape index (κ3) is 67.3. The quantitative estimate of drug-likeness (QED) is 0.0261. The van der Waals surface area contributed by atoms with Crippen LogP contribution in [0.4, 0.5) is 0 Å². The largest absolute Gasteiger partial charge is 0.462 e. The molecule has 0 bridgehead atoms. The number of carbonyl (C=O) groups excluding carboxylic acids is 3. The van der Waals surface area contributed by atoms with Gasteiger partial charge in [-0.3, -0.25) is 14.4 Å². The first-order chi connectivity index (χ1) is 40.0. The first-order valence-electron chi connectivity index (χ1n) is 35.1. The lowest BCUT2D eigenvalue weighted by Crippen LogP contribution is -2.30. The van der Waals surface area contributed by atoms with Crippen molar-refractivity contribution in [2.45, 2.75) is 361 Å². The van der Waals surface area contributed by atoms with E-state index in [0.29, 0.717) is 19.3 Å². The Morgan fingerprint density at radius 1 is 0.259 bits per heavy atom. The van der Waals surface area contributed by atoms with E-state index in [0.717, 1.165) is 109 Å². The summed E-state index contributed by atoms with van der Waals surface area (Å²) < 4.78 is 16.9. The maximum atomic E-state index is 12.9. The van der Waals surface area contributed by atoms with Crippen molar-refractivity contribution >= 4 is 17.9 Å². The second-order valence-corrected chi connectivity index (χ2v) is 23.4. The number of ether oxygens (including phenoxy) is 3. The van der Waals surface area contributed by atoms with Crippen LogP contribution in [-0.2, 0) is 28.6 Å². The summed E-state index contributed by atoms with van der Waals surface area (Å²) in [6.45, 7) is 6.50. The van der Waals surface area contributed by atoms with Gasteiger partial charge >= 0.3 is 17.9 Å². The van der Waals surface area contributed by atoms with Gasteiger partial charge in [-0.25, -0.2) is 0 Å². The minimum absolute atomic E-state index is 0.0821. The van der Waals surface area contributed by atoms with Crippen LogP contribution in [-0.4, -0.2) is 37.2 Å². The van der Waals surface area contributed by atoms with Crippen LogP contribution in [0.25, 0.3) is 0 Å². The average Bonchev–Trinajstić information content (AvgIpc) is 3.47. The van der Waals surface area contributed by atoms with E-state index in [-0.39, 0.29) is 31.1 Å². The van der Waals surface area contributed by atoms with Crippen LogP contribution in [0.2, 0.25) is 0 Å². The zero-order valence-corrected chi connectivity index (χ0v) is 53.8. The fraction of sp³-hybridized carbons (Fsp3) is 0.773. The van der Waals surface area contributed by atoms with Gasteiger partial charge in [-0.05, 0) is 109 Å². The molecule has 6 nitrogen and oxygen atoms in total. The lowest BCUT2D eigenvalue weighted by atomic mass is 10.0. The Morgan fingerprint density at radius 3 is 0.802 bits per heavy atom. The molecule has 0 spiro atoms. The summed E-state index contributed by atoms with van der Waals surface area (Å²) >= 11 is 0. The fourth-order valence-corrected chi connectivity index (χ4v) is 10.1. The first-order valence-corrected chi connectivity index (χ1v) is 35.1. The zero-order valence-electron chi connectivity index (χ0n) is 53.8. The molecule has 0 amide bonds. The first kappa shape index (κ1) is 77.6. The molecule has 0 aromatic rings. The van der Waals surface area contributed by atoms with Crippen molar-refractivity contribution in [2.75, 3.05) is 13.2 Å². The number of carbonyl (C=O) groups is 3. The van der Waals surface area contributed by atoms with Crippen molar-refractivity contribution in [3.63, 3.8) is 0 Å². The van der Waals surface area contributed by atoms with Crippen molar-refractivity contribution < 1.29 is 28.6 Å². The normalized spacial score (nSPS) is 12.6. The summed E-state index contributed by atoms with van der Waals surface area (Å²) in [5.41, 5.74) is 0. The number of allylic oxidation sites excluding steroid dienone is 14. The Bertz CT molecular complexity index is 1530. The number of hydrogen-bond donors (Lipinski definition) is 0. The highest BCUT2D eigenvalue weighted by atomic mass is 16.6. The predicted molar refractivity (Wildman–Crippen MR) is 353 cm³/mol. The molecule has 81 heavy (non-hydrogen) atoms. The minimum Gasteiger partial charge on any atom is -0.462 e. The Kier molecular flexibility index (Phi) is 66.2. The summed E-state index contributed by atoms with van der Waals surface area (Å²) in [6.07, 6.45) is 92.0. The van der Waals surface area contributed by atoms with Gasteiger partial charge in [0.15, 0.2) is 6.10 Å². The highest BCUT2D eigenvalue weighted by Crippen LogP contribution is 2.18. The molecule has 0 aliphatic carbocycles. The molecule has 468 valence electrons. The standard InChI is InChI=1S/C75H132O6/c1-4-7-10-13-16-19-22-24-26-28-30-31-32-33-34-35-36-37-38-39-40-41-42-43-45-46-48-50-53-56-59-62-65-68-74(77)80-71-72(70-79-73(76)67-64-61-58-55-52-21-18-15-12-9-6-3)81-75(78)69-66-63-60-57-54-51-49-47-44-29-27-25-23-20-17-14-11-8-5-2/h8,11,15,17-18,20,22,24-25,27-28,30,44,47,72H,4-7,9-10,12-14,16,19,21,23,26,29,31-43,45-46,48-71H2,1-3H3/b11-8-,18-15-,20-17-,24-22-,27-25-,30-28-,47-44-. The van der Waals surface area contributed by atoms with Crippen LogP contribution in [0.15, 0.2) is 85.1 Å². The van der Waals surface area contributed by atoms with E-state index in [2.05, 4.69) is 106 Å². The SMILES string of the molecule is CC/C=C\C/C=C\C/C=C\C/C=C\CCCCCCCCC(=O)OC(COC(=O)CCCCCCC/C=C\CCCC)COC(=O)CCCCCCCCCCCCCCCCCCCCCCC/C=C\C/C=C\CCCCCCC. The van der Waals surface area contributed by atoms with Crippen LogP contribution in [0.1, 0.15) is 355 Å². The van der Waals surface area contributed by atoms with Gasteiger partial charge in [-0.15, -0.1) is 0 Å². The van der Waals surface area contributed by atoms with Crippen LogP contribution in [0, 0.1) is 0 Å². The van der Waals surface area contributed by atoms with E-state index >= 15 is 0 Å². The molecule has 0 N–H and O–H groups in total. The molecule has 1 unspecified atom stereocenters. The molecule has 0 aromatic carbocycles. The molecule has 0 aliphatic heterocycles. The van der Waals surface area contributed by atoms with E-state index < -0.39 is 6.10 Å². The monoisotopic (exact) mass is 1130 g/mol. The number of esters is 3. The highest BCUT2D eigenvalue weighted by molar-refractivity contribution is 5.71. The molecule has 0 saturated heterocycles. The van der Waals surface area contributed by atoms with Crippen molar-refractivity contribution in [3.8, 4) is 0 Å². The Balaban J connectivity index is 4.13.